The number of hydrogen-bond acceptors (Lipinski definition) is 3. The van der Waals surface area contributed by atoms with Crippen molar-refractivity contribution in [2.45, 2.75) is 49.9 Å². The molecule has 0 aromatic heterocycles. The molecule has 2 fully saturated rings. The van der Waals surface area contributed by atoms with E-state index in [0.717, 1.165) is 22.3 Å². The monoisotopic (exact) mass is 455 g/mol. The molecule has 2 aromatic rings. The van der Waals surface area contributed by atoms with Crippen LogP contribution in [0.15, 0.2) is 60.7 Å². The number of carbonyl (C=O) groups excluding carboxylic acids is 2. The Morgan fingerprint density at radius 3 is 1.97 bits per heavy atom. The number of piperidine rings is 1. The largest absolute Gasteiger partial charge is 0.448 e. The number of hydrogen-bond donors (Lipinski definition) is 0. The second-order valence-corrected chi connectivity index (χ2v) is 9.11. The second-order valence-electron chi connectivity index (χ2n) is 9.11. The van der Waals surface area contributed by atoms with Crippen molar-refractivity contribution in [2.75, 3.05) is 6.61 Å². The molecule has 0 N–H and O–H groups in total. The SMILES string of the molecule is C=C(C(=O)C1CC2CCC(C1)N2C(=O)OCC1c2ccccc2-c2ccccc21)C(F)(F)F. The van der Waals surface area contributed by atoms with Crippen LogP contribution in [0.3, 0.4) is 0 Å². The molecule has 1 aliphatic carbocycles. The summed E-state index contributed by atoms with van der Waals surface area (Å²) in [5.74, 6) is -1.77. The number of ether oxygens (including phenoxy) is 1. The van der Waals surface area contributed by atoms with Crippen LogP contribution < -0.4 is 0 Å². The van der Waals surface area contributed by atoms with Crippen LogP contribution in [-0.2, 0) is 9.53 Å². The fourth-order valence-corrected chi connectivity index (χ4v) is 5.74. The summed E-state index contributed by atoms with van der Waals surface area (Å²) in [4.78, 5) is 27.0. The summed E-state index contributed by atoms with van der Waals surface area (Å²) in [6.45, 7) is 3.15. The van der Waals surface area contributed by atoms with Gasteiger partial charge in [-0.05, 0) is 47.9 Å². The predicted octanol–water partition coefficient (Wildman–Crippen LogP) is 5.87. The van der Waals surface area contributed by atoms with E-state index in [1.54, 1.807) is 4.90 Å². The Hall–Kier alpha value is -3.09. The highest BCUT2D eigenvalue weighted by atomic mass is 19.4. The van der Waals surface area contributed by atoms with Crippen LogP contribution >= 0.6 is 0 Å². The quantitative estimate of drug-likeness (QED) is 0.542. The van der Waals surface area contributed by atoms with Gasteiger partial charge in [-0.1, -0.05) is 55.1 Å². The zero-order valence-electron chi connectivity index (χ0n) is 18.0. The smallest absolute Gasteiger partial charge is 0.419 e. The van der Waals surface area contributed by atoms with Gasteiger partial charge in [0.2, 0.25) is 0 Å². The van der Waals surface area contributed by atoms with E-state index in [2.05, 4.69) is 18.7 Å². The minimum atomic E-state index is -4.72. The summed E-state index contributed by atoms with van der Waals surface area (Å²) in [5.41, 5.74) is 3.20. The molecule has 33 heavy (non-hydrogen) atoms. The van der Waals surface area contributed by atoms with E-state index in [-0.39, 0.29) is 37.5 Å². The van der Waals surface area contributed by atoms with Crippen molar-refractivity contribution in [3.63, 3.8) is 0 Å². The van der Waals surface area contributed by atoms with Crippen LogP contribution in [0, 0.1) is 5.92 Å². The van der Waals surface area contributed by atoms with Crippen molar-refractivity contribution in [2.24, 2.45) is 5.92 Å². The van der Waals surface area contributed by atoms with E-state index in [1.807, 2.05) is 36.4 Å². The van der Waals surface area contributed by atoms with Crippen molar-refractivity contribution in [3.8, 4) is 11.1 Å². The van der Waals surface area contributed by atoms with E-state index in [1.165, 1.54) is 0 Å². The van der Waals surface area contributed by atoms with Crippen LogP contribution in [0.5, 0.6) is 0 Å². The maximum atomic E-state index is 13.0. The summed E-state index contributed by atoms with van der Waals surface area (Å²) in [6.07, 6.45) is -3.41. The molecule has 172 valence electrons. The number of allylic oxidation sites excluding steroid dienone is 1. The number of rotatable bonds is 4. The molecular weight excluding hydrogens is 431 g/mol. The lowest BCUT2D eigenvalue weighted by atomic mass is 9.85. The molecule has 2 bridgehead atoms. The van der Waals surface area contributed by atoms with Gasteiger partial charge in [0.05, 0.1) is 5.57 Å². The first kappa shape index (κ1) is 21.7. The van der Waals surface area contributed by atoms with Gasteiger partial charge in [0.15, 0.2) is 5.78 Å². The Kier molecular flexibility index (Phi) is 5.30. The highest BCUT2D eigenvalue weighted by Crippen LogP contribution is 2.45. The fraction of sp³-hybridized carbons (Fsp3) is 0.385. The number of alkyl halides is 3. The summed E-state index contributed by atoms with van der Waals surface area (Å²) < 4.78 is 44.5. The molecule has 7 heteroatoms. The van der Waals surface area contributed by atoms with Gasteiger partial charge in [0.1, 0.15) is 6.61 Å². The average molecular weight is 455 g/mol. The van der Waals surface area contributed by atoms with Crippen molar-refractivity contribution in [3.05, 3.63) is 71.8 Å². The van der Waals surface area contributed by atoms with Crippen LogP contribution in [0.2, 0.25) is 0 Å². The van der Waals surface area contributed by atoms with Crippen molar-refractivity contribution < 1.29 is 27.5 Å². The molecule has 2 unspecified atom stereocenters. The van der Waals surface area contributed by atoms with Crippen molar-refractivity contribution in [1.29, 1.82) is 0 Å². The van der Waals surface area contributed by atoms with Gasteiger partial charge in [-0.15, -0.1) is 0 Å². The third-order valence-corrected chi connectivity index (χ3v) is 7.29. The number of halogens is 3. The van der Waals surface area contributed by atoms with Crippen molar-refractivity contribution >= 4 is 11.9 Å². The Labute approximate surface area is 190 Å². The first-order valence-electron chi connectivity index (χ1n) is 11.2. The predicted molar refractivity (Wildman–Crippen MR) is 117 cm³/mol. The van der Waals surface area contributed by atoms with Crippen LogP contribution in [0.4, 0.5) is 18.0 Å². The highest BCUT2D eigenvalue weighted by Gasteiger charge is 2.48. The normalized spacial score (nSPS) is 23.7. The van der Waals surface area contributed by atoms with Gasteiger partial charge >= 0.3 is 12.3 Å². The minimum absolute atomic E-state index is 0.0618. The molecule has 1 amide bonds. The molecule has 0 radical (unpaired) electrons. The van der Waals surface area contributed by atoms with E-state index < -0.39 is 29.5 Å². The second kappa shape index (κ2) is 8.04. The highest BCUT2D eigenvalue weighted by molar-refractivity contribution is 5.98. The van der Waals surface area contributed by atoms with Gasteiger partial charge in [0, 0.05) is 23.9 Å². The third kappa shape index (κ3) is 3.73. The van der Waals surface area contributed by atoms with Gasteiger partial charge in [-0.3, -0.25) is 4.79 Å². The van der Waals surface area contributed by atoms with Gasteiger partial charge in [0.25, 0.3) is 0 Å². The van der Waals surface area contributed by atoms with Crippen LogP contribution in [0.25, 0.3) is 11.1 Å². The number of carbonyl (C=O) groups is 2. The van der Waals surface area contributed by atoms with Gasteiger partial charge < -0.3 is 9.64 Å². The standard InChI is InChI=1S/C26H24F3NO3/c1-15(26(27,28)29)24(31)16-12-17-10-11-18(13-16)30(17)25(32)33-14-23-21-8-4-2-6-19(21)20-7-3-5-9-22(20)23/h2-9,16-18,23H,1,10-14H2. The Morgan fingerprint density at radius 1 is 0.939 bits per heavy atom. The van der Waals surface area contributed by atoms with E-state index in [4.69, 9.17) is 4.74 Å². The first-order valence-corrected chi connectivity index (χ1v) is 11.2. The molecule has 2 aliphatic heterocycles. The van der Waals surface area contributed by atoms with Crippen LogP contribution in [0.1, 0.15) is 42.7 Å². The van der Waals surface area contributed by atoms with E-state index in [0.29, 0.717) is 12.8 Å². The molecule has 2 saturated heterocycles. The Balaban J connectivity index is 1.27. The summed E-state index contributed by atoms with van der Waals surface area (Å²) in [6, 6.07) is 15.6. The lowest BCUT2D eigenvalue weighted by molar-refractivity contribution is -0.134. The molecule has 5 rings (SSSR count). The molecule has 3 aliphatic rings. The fourth-order valence-electron chi connectivity index (χ4n) is 5.74. The topological polar surface area (TPSA) is 46.6 Å². The zero-order valence-corrected chi connectivity index (χ0v) is 18.0. The number of Topliss-reactive ketones (excluding diaryl/α,β-unsaturated/α-hetero) is 1. The maximum Gasteiger partial charge on any atom is 0.419 e. The maximum absolute atomic E-state index is 13.0. The Bertz CT molecular complexity index is 1070. The van der Waals surface area contributed by atoms with E-state index in [9.17, 15) is 22.8 Å². The molecule has 0 spiro atoms. The van der Waals surface area contributed by atoms with Crippen LogP contribution in [-0.4, -0.2) is 41.6 Å². The average Bonchev–Trinajstić information content (AvgIpc) is 3.26. The third-order valence-electron chi connectivity index (χ3n) is 7.29. The van der Waals surface area contributed by atoms with Crippen molar-refractivity contribution in [1.82, 2.24) is 4.90 Å². The van der Waals surface area contributed by atoms with E-state index >= 15 is 0 Å². The summed E-state index contributed by atoms with van der Waals surface area (Å²) >= 11 is 0. The molecule has 2 atom stereocenters. The molecule has 2 heterocycles. The molecule has 2 aromatic carbocycles. The Morgan fingerprint density at radius 2 is 1.45 bits per heavy atom. The van der Waals surface area contributed by atoms with Gasteiger partial charge in [-0.25, -0.2) is 4.79 Å². The lowest BCUT2D eigenvalue weighted by Gasteiger charge is -2.38. The minimum Gasteiger partial charge on any atom is -0.448 e. The lowest BCUT2D eigenvalue weighted by Crippen LogP contribution is -2.48. The summed E-state index contributed by atoms with van der Waals surface area (Å²) in [5, 5.41) is 0. The molecule has 4 nitrogen and oxygen atoms in total. The first-order chi connectivity index (χ1) is 15.8. The molecule has 0 saturated carbocycles. The number of ketones is 1. The number of amides is 1. The number of nitrogens with zero attached hydrogens (tertiary/aromatic N) is 1. The zero-order chi connectivity index (χ0) is 23.3. The van der Waals surface area contributed by atoms with Gasteiger partial charge in [-0.2, -0.15) is 13.2 Å². The number of benzene rings is 2. The molecular formula is C26H24F3NO3. The number of fused-ring (bicyclic) bond motifs is 5. The summed E-state index contributed by atoms with van der Waals surface area (Å²) in [7, 11) is 0.